The van der Waals surface area contributed by atoms with Gasteiger partial charge in [0.1, 0.15) is 11.5 Å². The number of alkyl halides is 3. The van der Waals surface area contributed by atoms with Crippen molar-refractivity contribution in [2.24, 2.45) is 0 Å². The number of hydrogen-bond donors (Lipinski definition) is 1. The zero-order valence-corrected chi connectivity index (χ0v) is 22.1. The first-order valence-electron chi connectivity index (χ1n) is 13.1. The van der Waals surface area contributed by atoms with Crippen LogP contribution in [-0.2, 0) is 9.59 Å². The molecule has 2 aliphatic rings. The van der Waals surface area contributed by atoms with Crippen LogP contribution in [0.5, 0.6) is 11.5 Å². The lowest BCUT2D eigenvalue weighted by molar-refractivity contribution is -0.170. The molecule has 208 valence electrons. The van der Waals surface area contributed by atoms with Crippen molar-refractivity contribution in [1.82, 2.24) is 0 Å². The summed E-state index contributed by atoms with van der Waals surface area (Å²) in [6.07, 6.45) is -4.07. The van der Waals surface area contributed by atoms with Gasteiger partial charge in [0.15, 0.2) is 5.78 Å². The lowest BCUT2D eigenvalue weighted by Gasteiger charge is -2.36. The second-order valence-corrected chi connectivity index (χ2v) is 9.80. The van der Waals surface area contributed by atoms with Crippen LogP contribution in [0.25, 0.3) is 0 Å². The van der Waals surface area contributed by atoms with Gasteiger partial charge in [0.2, 0.25) is 0 Å². The number of rotatable bonds is 6. The Balaban J connectivity index is 1.72. The van der Waals surface area contributed by atoms with Crippen molar-refractivity contribution in [2.45, 2.75) is 44.3 Å². The SMILES string of the molecule is CCCOc1ccccc1C1C2=C(CC(c3ccc(OC)cc3)CC2=O)Nc2ccccc2N1C(=O)C(F)(F)F. The van der Waals surface area contributed by atoms with E-state index in [0.717, 1.165) is 5.56 Å². The Morgan fingerprint density at radius 2 is 1.70 bits per heavy atom. The fourth-order valence-electron chi connectivity index (χ4n) is 5.41. The van der Waals surface area contributed by atoms with Gasteiger partial charge in [-0.3, -0.25) is 14.5 Å². The van der Waals surface area contributed by atoms with E-state index in [2.05, 4.69) is 5.32 Å². The number of Topliss-reactive ketones (excluding diaryl/α,β-unsaturated/α-hetero) is 1. The summed E-state index contributed by atoms with van der Waals surface area (Å²) in [6.45, 7) is 2.24. The second kappa shape index (κ2) is 11.1. The zero-order chi connectivity index (χ0) is 28.4. The molecule has 2 unspecified atom stereocenters. The highest BCUT2D eigenvalue weighted by Gasteiger charge is 2.50. The number of hydrogen-bond acceptors (Lipinski definition) is 5. The van der Waals surface area contributed by atoms with Gasteiger partial charge in [0.05, 0.1) is 31.1 Å². The van der Waals surface area contributed by atoms with E-state index in [-0.39, 0.29) is 29.4 Å². The molecule has 1 aliphatic heterocycles. The summed E-state index contributed by atoms with van der Waals surface area (Å²) in [5.41, 5.74) is 2.18. The number of benzene rings is 3. The highest BCUT2D eigenvalue weighted by Crippen LogP contribution is 2.50. The summed E-state index contributed by atoms with van der Waals surface area (Å²) in [7, 11) is 1.57. The molecule has 0 spiro atoms. The third-order valence-electron chi connectivity index (χ3n) is 7.21. The number of ketones is 1. The predicted molar refractivity (Wildman–Crippen MR) is 146 cm³/mol. The number of methoxy groups -OCH3 is 1. The lowest BCUT2D eigenvalue weighted by atomic mass is 9.78. The minimum absolute atomic E-state index is 0.0308. The maximum absolute atomic E-state index is 14.2. The zero-order valence-electron chi connectivity index (χ0n) is 22.1. The molecule has 3 aromatic rings. The maximum atomic E-state index is 14.2. The quantitative estimate of drug-likeness (QED) is 0.360. The Hall–Kier alpha value is -4.27. The molecule has 1 amide bonds. The number of nitrogens with one attached hydrogen (secondary N) is 1. The van der Waals surface area contributed by atoms with Crippen LogP contribution in [-0.4, -0.2) is 31.6 Å². The number of ether oxygens (including phenoxy) is 2. The highest BCUT2D eigenvalue weighted by atomic mass is 19.4. The normalized spacial score (nSPS) is 18.8. The van der Waals surface area contributed by atoms with E-state index in [1.54, 1.807) is 49.6 Å². The molecule has 0 aromatic heterocycles. The van der Waals surface area contributed by atoms with Crippen LogP contribution < -0.4 is 19.7 Å². The molecule has 0 saturated carbocycles. The monoisotopic (exact) mass is 550 g/mol. The second-order valence-electron chi connectivity index (χ2n) is 9.80. The standard InChI is InChI=1S/C31H29F3N2O4/c1-3-16-40-27-11-7-4-8-22(27)29-28-24(17-20(18-26(28)37)19-12-14-21(39-2)15-13-19)35-23-9-5-6-10-25(23)36(29)30(38)31(32,33)34/h4-15,20,29,35H,3,16-18H2,1-2H3. The van der Waals surface area contributed by atoms with E-state index in [0.29, 0.717) is 52.8 Å². The summed E-state index contributed by atoms with van der Waals surface area (Å²) < 4.78 is 53.7. The summed E-state index contributed by atoms with van der Waals surface area (Å²) in [5.74, 6) is -1.61. The van der Waals surface area contributed by atoms with Crippen LogP contribution in [0.4, 0.5) is 24.5 Å². The van der Waals surface area contributed by atoms with Crippen molar-refractivity contribution in [2.75, 3.05) is 23.9 Å². The average molecular weight is 551 g/mol. The Kier molecular flexibility index (Phi) is 7.56. The Labute approximate surface area is 230 Å². The number of halogens is 3. The third kappa shape index (κ3) is 5.15. The van der Waals surface area contributed by atoms with Gasteiger partial charge in [-0.05, 0) is 54.7 Å². The Bertz CT molecular complexity index is 1450. The van der Waals surface area contributed by atoms with Gasteiger partial charge >= 0.3 is 12.1 Å². The third-order valence-corrected chi connectivity index (χ3v) is 7.21. The molecule has 6 nitrogen and oxygen atoms in total. The van der Waals surface area contributed by atoms with E-state index in [4.69, 9.17) is 9.47 Å². The van der Waals surface area contributed by atoms with Gasteiger partial charge in [-0.1, -0.05) is 49.4 Å². The molecule has 40 heavy (non-hydrogen) atoms. The van der Waals surface area contributed by atoms with Crippen molar-refractivity contribution in [1.29, 1.82) is 0 Å². The number of amides is 1. The number of fused-ring (bicyclic) bond motifs is 1. The highest BCUT2D eigenvalue weighted by molar-refractivity contribution is 6.08. The fourth-order valence-corrected chi connectivity index (χ4v) is 5.41. The molecule has 5 rings (SSSR count). The molecular formula is C31H29F3N2O4. The Morgan fingerprint density at radius 3 is 2.40 bits per heavy atom. The summed E-state index contributed by atoms with van der Waals surface area (Å²) in [4.78, 5) is 27.8. The van der Waals surface area contributed by atoms with Crippen molar-refractivity contribution in [3.63, 3.8) is 0 Å². The van der Waals surface area contributed by atoms with Gasteiger partial charge in [0, 0.05) is 23.3 Å². The van der Waals surface area contributed by atoms with Gasteiger partial charge in [-0.2, -0.15) is 13.2 Å². The van der Waals surface area contributed by atoms with E-state index >= 15 is 0 Å². The molecule has 1 N–H and O–H groups in total. The van der Waals surface area contributed by atoms with Gasteiger partial charge < -0.3 is 14.8 Å². The first-order chi connectivity index (χ1) is 19.2. The number of carbonyl (C=O) groups excluding carboxylic acids is 2. The maximum Gasteiger partial charge on any atom is 0.471 e. The van der Waals surface area contributed by atoms with Crippen molar-refractivity contribution < 1.29 is 32.2 Å². The smallest absolute Gasteiger partial charge is 0.471 e. The topological polar surface area (TPSA) is 67.9 Å². The summed E-state index contributed by atoms with van der Waals surface area (Å²) in [5, 5.41) is 3.24. The van der Waals surface area contributed by atoms with Crippen LogP contribution in [0.2, 0.25) is 0 Å². The first kappa shape index (κ1) is 27.3. The molecule has 0 saturated heterocycles. The molecular weight excluding hydrogens is 521 g/mol. The van der Waals surface area contributed by atoms with Gasteiger partial charge in [0.25, 0.3) is 0 Å². The van der Waals surface area contributed by atoms with Crippen LogP contribution in [0.15, 0.2) is 84.1 Å². The van der Waals surface area contributed by atoms with E-state index in [1.165, 1.54) is 6.07 Å². The van der Waals surface area contributed by atoms with Crippen molar-refractivity contribution in [3.05, 3.63) is 95.2 Å². The largest absolute Gasteiger partial charge is 0.497 e. The van der Waals surface area contributed by atoms with Crippen molar-refractivity contribution in [3.8, 4) is 11.5 Å². The molecule has 0 radical (unpaired) electrons. The number of anilines is 2. The van der Waals surface area contributed by atoms with Crippen LogP contribution >= 0.6 is 0 Å². The number of para-hydroxylation sites is 3. The van der Waals surface area contributed by atoms with Crippen LogP contribution in [0, 0.1) is 0 Å². The minimum Gasteiger partial charge on any atom is -0.497 e. The molecule has 2 atom stereocenters. The molecule has 1 heterocycles. The number of allylic oxidation sites excluding steroid dienone is 1. The summed E-state index contributed by atoms with van der Waals surface area (Å²) in [6, 6.07) is 19.0. The van der Waals surface area contributed by atoms with Crippen LogP contribution in [0.3, 0.4) is 0 Å². The summed E-state index contributed by atoms with van der Waals surface area (Å²) >= 11 is 0. The van der Waals surface area contributed by atoms with Crippen molar-refractivity contribution >= 4 is 23.1 Å². The predicted octanol–water partition coefficient (Wildman–Crippen LogP) is 6.95. The van der Waals surface area contributed by atoms with E-state index in [1.807, 2.05) is 31.2 Å². The average Bonchev–Trinajstić information content (AvgIpc) is 3.10. The number of carbonyl (C=O) groups is 2. The van der Waals surface area contributed by atoms with Gasteiger partial charge in [-0.15, -0.1) is 0 Å². The molecule has 9 heteroatoms. The molecule has 0 bridgehead atoms. The lowest BCUT2D eigenvalue weighted by Crippen LogP contribution is -2.45. The molecule has 3 aromatic carbocycles. The van der Waals surface area contributed by atoms with E-state index < -0.39 is 18.1 Å². The molecule has 0 fully saturated rings. The minimum atomic E-state index is -5.18. The van der Waals surface area contributed by atoms with Gasteiger partial charge in [-0.25, -0.2) is 0 Å². The Morgan fingerprint density at radius 1 is 1.00 bits per heavy atom. The van der Waals surface area contributed by atoms with E-state index in [9.17, 15) is 22.8 Å². The fraction of sp³-hybridized carbons (Fsp3) is 0.290. The molecule has 1 aliphatic carbocycles. The number of nitrogens with zero attached hydrogens (tertiary/aromatic N) is 1. The first-order valence-corrected chi connectivity index (χ1v) is 13.1. The van der Waals surface area contributed by atoms with Crippen LogP contribution in [0.1, 0.15) is 49.3 Å².